The monoisotopic (exact) mass is 432 g/mol. The molecule has 2 aromatic carbocycles. The zero-order valence-electron chi connectivity index (χ0n) is 17.8. The summed E-state index contributed by atoms with van der Waals surface area (Å²) in [6, 6.07) is 10.9. The fourth-order valence-corrected chi connectivity index (χ4v) is 6.73. The summed E-state index contributed by atoms with van der Waals surface area (Å²) in [5.41, 5.74) is 4.29. The van der Waals surface area contributed by atoms with Crippen molar-refractivity contribution in [1.82, 2.24) is 4.31 Å². The maximum absolute atomic E-state index is 13.5. The molecule has 0 aromatic heterocycles. The minimum Gasteiger partial charge on any atom is -0.463 e. The molecule has 2 aromatic rings. The molecule has 1 heterocycles. The normalized spacial score (nSPS) is 22.2. The Labute approximate surface area is 178 Å². The van der Waals surface area contributed by atoms with E-state index in [1.807, 2.05) is 45.0 Å². The molecule has 0 radical (unpaired) electrons. The van der Waals surface area contributed by atoms with Crippen molar-refractivity contribution in [3.63, 3.8) is 0 Å². The predicted octanol–water partition coefficient (Wildman–Crippen LogP) is 4.08. The first kappa shape index (κ1) is 21.1. The molecule has 1 aliphatic heterocycles. The summed E-state index contributed by atoms with van der Waals surface area (Å²) in [5.74, 6) is 0.528. The highest BCUT2D eigenvalue weighted by atomic mass is 32.2. The average Bonchev–Trinajstić information content (AvgIpc) is 3.16. The molecule has 7 heteroatoms. The fraction of sp³-hybridized carbons (Fsp3) is 0.478. The van der Waals surface area contributed by atoms with Crippen LogP contribution < -0.4 is 9.64 Å². The van der Waals surface area contributed by atoms with Gasteiger partial charge >= 0.3 is 0 Å². The largest absolute Gasteiger partial charge is 0.463 e. The third kappa shape index (κ3) is 3.81. The lowest BCUT2D eigenvalue weighted by atomic mass is 10.1. The summed E-state index contributed by atoms with van der Waals surface area (Å²) in [7, 11) is -3.56. The van der Waals surface area contributed by atoms with E-state index in [-0.39, 0.29) is 12.1 Å². The van der Waals surface area contributed by atoms with Crippen LogP contribution in [0.25, 0.3) is 0 Å². The number of aryl methyl sites for hydroxylation is 3. The molecule has 30 heavy (non-hydrogen) atoms. The van der Waals surface area contributed by atoms with Crippen molar-refractivity contribution in [2.24, 2.45) is 0 Å². The third-order valence-electron chi connectivity index (χ3n) is 6.22. The number of hydrogen-bond donors (Lipinski definition) is 0. The molecule has 2 aliphatic rings. The van der Waals surface area contributed by atoms with Gasteiger partial charge in [0.2, 0.25) is 16.9 Å². The second-order valence-electron chi connectivity index (χ2n) is 8.43. The van der Waals surface area contributed by atoms with Gasteiger partial charge < -0.3 is 9.64 Å². The second kappa shape index (κ2) is 8.19. The van der Waals surface area contributed by atoms with E-state index in [1.165, 1.54) is 11.1 Å². The molecule has 0 spiro atoms. The number of piperazine rings is 1. The number of anilines is 1. The maximum Gasteiger partial charge on any atom is 0.243 e. The van der Waals surface area contributed by atoms with Gasteiger partial charge in [-0.25, -0.2) is 12.8 Å². The summed E-state index contributed by atoms with van der Waals surface area (Å²) in [6.07, 6.45) is 3.09. The van der Waals surface area contributed by atoms with Crippen LogP contribution in [0.2, 0.25) is 0 Å². The molecular formula is C23H29FN2O3S. The van der Waals surface area contributed by atoms with Crippen LogP contribution in [-0.4, -0.2) is 44.8 Å². The van der Waals surface area contributed by atoms with Crippen LogP contribution in [0, 0.1) is 6.92 Å². The highest BCUT2D eigenvalue weighted by Gasteiger charge is 2.39. The molecule has 2 atom stereocenters. The van der Waals surface area contributed by atoms with E-state index >= 15 is 0 Å². The SMILES string of the molecule is Cc1cc(N2C[C@@H](C)N(S(=O)(=O)c3ccc4c(c3)CCC4)[C@@H](C)C2)ccc1OCF. The molecule has 0 amide bonds. The number of sulfonamides is 1. The number of alkyl halides is 1. The van der Waals surface area contributed by atoms with Gasteiger partial charge in [0.25, 0.3) is 0 Å². The Kier molecular flexibility index (Phi) is 5.77. The molecule has 1 fully saturated rings. The molecule has 0 N–H and O–H groups in total. The van der Waals surface area contributed by atoms with Crippen LogP contribution in [0.15, 0.2) is 41.3 Å². The van der Waals surface area contributed by atoms with Gasteiger partial charge in [0.15, 0.2) is 0 Å². The molecule has 5 nitrogen and oxygen atoms in total. The molecular weight excluding hydrogens is 403 g/mol. The van der Waals surface area contributed by atoms with E-state index < -0.39 is 16.9 Å². The predicted molar refractivity (Wildman–Crippen MR) is 116 cm³/mol. The van der Waals surface area contributed by atoms with Crippen LogP contribution in [0.3, 0.4) is 0 Å². The summed E-state index contributed by atoms with van der Waals surface area (Å²) in [4.78, 5) is 2.59. The Balaban J connectivity index is 1.56. The van der Waals surface area contributed by atoms with Crippen molar-refractivity contribution in [3.05, 3.63) is 53.1 Å². The maximum atomic E-state index is 13.5. The van der Waals surface area contributed by atoms with Gasteiger partial charge in [-0.2, -0.15) is 4.31 Å². The number of ether oxygens (including phenoxy) is 1. The first-order valence-corrected chi connectivity index (χ1v) is 11.9. The highest BCUT2D eigenvalue weighted by molar-refractivity contribution is 7.89. The quantitative estimate of drug-likeness (QED) is 0.715. The summed E-state index contributed by atoms with van der Waals surface area (Å²) < 4.78 is 46.1. The van der Waals surface area contributed by atoms with E-state index in [0.717, 1.165) is 30.5 Å². The van der Waals surface area contributed by atoms with E-state index in [1.54, 1.807) is 16.4 Å². The molecule has 4 rings (SSSR count). The Morgan fingerprint density at radius 2 is 1.73 bits per heavy atom. The van der Waals surface area contributed by atoms with Crippen LogP contribution >= 0.6 is 0 Å². The summed E-state index contributed by atoms with van der Waals surface area (Å²) >= 11 is 0. The van der Waals surface area contributed by atoms with Gasteiger partial charge in [0.05, 0.1) is 4.90 Å². The second-order valence-corrected chi connectivity index (χ2v) is 10.3. The van der Waals surface area contributed by atoms with Crippen LogP contribution in [0.4, 0.5) is 10.1 Å². The van der Waals surface area contributed by atoms with Gasteiger partial charge in [-0.05, 0) is 87.1 Å². The minimum atomic E-state index is -3.56. The lowest BCUT2D eigenvalue weighted by molar-refractivity contribution is 0.190. The summed E-state index contributed by atoms with van der Waals surface area (Å²) in [5, 5.41) is 0. The third-order valence-corrected chi connectivity index (χ3v) is 8.34. The Morgan fingerprint density at radius 3 is 2.40 bits per heavy atom. The standard InChI is InChI=1S/C23H29FN2O3S/c1-16-11-21(8-10-23(16)29-15-24)25-13-17(2)26(18(3)14-25)30(27,28)22-9-7-19-5-4-6-20(19)12-22/h7-12,17-18H,4-6,13-15H2,1-3H3/t17-,18+. The van der Waals surface area contributed by atoms with Gasteiger partial charge in [0, 0.05) is 30.9 Å². The van der Waals surface area contributed by atoms with Gasteiger partial charge in [-0.15, -0.1) is 0 Å². The number of hydrogen-bond acceptors (Lipinski definition) is 4. The van der Waals surface area contributed by atoms with Crippen molar-refractivity contribution in [2.75, 3.05) is 24.9 Å². The van der Waals surface area contributed by atoms with Crippen molar-refractivity contribution in [2.45, 2.75) is 57.0 Å². The number of halogens is 1. The molecule has 162 valence electrons. The van der Waals surface area contributed by atoms with E-state index in [4.69, 9.17) is 4.74 Å². The Bertz CT molecular complexity index is 1030. The fourth-order valence-electron chi connectivity index (χ4n) is 4.87. The van der Waals surface area contributed by atoms with Crippen LogP contribution in [0.1, 0.15) is 37.0 Å². The lowest BCUT2D eigenvalue weighted by Gasteiger charge is -2.44. The number of rotatable bonds is 5. The Morgan fingerprint density at radius 1 is 1.03 bits per heavy atom. The van der Waals surface area contributed by atoms with Gasteiger partial charge in [-0.1, -0.05) is 6.07 Å². The average molecular weight is 433 g/mol. The number of fused-ring (bicyclic) bond motifs is 1. The Hall–Kier alpha value is -2.12. The minimum absolute atomic E-state index is 0.172. The van der Waals surface area contributed by atoms with E-state index in [9.17, 15) is 12.8 Å². The lowest BCUT2D eigenvalue weighted by Crippen LogP contribution is -2.58. The van der Waals surface area contributed by atoms with Gasteiger partial charge in [-0.3, -0.25) is 0 Å². The number of benzene rings is 2. The van der Waals surface area contributed by atoms with Gasteiger partial charge in [0.1, 0.15) is 5.75 Å². The zero-order chi connectivity index (χ0) is 21.5. The molecule has 0 saturated carbocycles. The number of nitrogens with zero attached hydrogens (tertiary/aromatic N) is 2. The highest BCUT2D eigenvalue weighted by Crippen LogP contribution is 2.32. The van der Waals surface area contributed by atoms with E-state index in [2.05, 4.69) is 4.90 Å². The van der Waals surface area contributed by atoms with Crippen LogP contribution in [-0.2, 0) is 22.9 Å². The van der Waals surface area contributed by atoms with Crippen molar-refractivity contribution in [3.8, 4) is 5.75 Å². The molecule has 1 saturated heterocycles. The first-order valence-electron chi connectivity index (χ1n) is 10.5. The van der Waals surface area contributed by atoms with Crippen molar-refractivity contribution >= 4 is 15.7 Å². The zero-order valence-corrected chi connectivity index (χ0v) is 18.6. The van der Waals surface area contributed by atoms with Crippen molar-refractivity contribution in [1.29, 1.82) is 0 Å². The van der Waals surface area contributed by atoms with E-state index in [0.29, 0.717) is 23.7 Å². The molecule has 1 aliphatic carbocycles. The summed E-state index contributed by atoms with van der Waals surface area (Å²) in [6.45, 7) is 6.14. The molecule has 0 bridgehead atoms. The molecule has 0 unspecified atom stereocenters. The topological polar surface area (TPSA) is 49.9 Å². The smallest absolute Gasteiger partial charge is 0.243 e. The van der Waals surface area contributed by atoms with Crippen LogP contribution in [0.5, 0.6) is 5.75 Å². The first-order chi connectivity index (χ1) is 14.3. The van der Waals surface area contributed by atoms with Crippen molar-refractivity contribution < 1.29 is 17.5 Å².